The van der Waals surface area contributed by atoms with Crippen LogP contribution in [0.5, 0.6) is 0 Å². The predicted molar refractivity (Wildman–Crippen MR) is 60.5 cm³/mol. The number of anilines is 1. The van der Waals surface area contributed by atoms with Gasteiger partial charge in [-0.15, -0.1) is 0 Å². The average Bonchev–Trinajstić information content (AvgIpc) is 2.18. The molecule has 0 radical (unpaired) electrons. The summed E-state index contributed by atoms with van der Waals surface area (Å²) in [7, 11) is 0. The summed E-state index contributed by atoms with van der Waals surface area (Å²) in [5.74, 6) is -0.601. The lowest BCUT2D eigenvalue weighted by atomic mass is 10.1. The molecule has 1 amide bonds. The maximum Gasteiger partial charge on any atom is 0.274 e. The highest BCUT2D eigenvalue weighted by atomic mass is 16.6. The molecule has 0 aromatic heterocycles. The quantitative estimate of drug-likeness (QED) is 0.343. The molecule has 6 nitrogen and oxygen atoms in total. The number of rotatable bonds is 3. The van der Waals surface area contributed by atoms with E-state index in [2.05, 4.69) is 0 Å². The summed E-state index contributed by atoms with van der Waals surface area (Å²) in [6, 6.07) is 2.79. The first kappa shape index (κ1) is 11.7. The largest absolute Gasteiger partial charge is 0.398 e. The number of amides is 1. The van der Waals surface area contributed by atoms with E-state index in [-0.39, 0.29) is 11.4 Å². The van der Waals surface area contributed by atoms with E-state index in [1.165, 1.54) is 18.2 Å². The molecule has 0 bridgehead atoms. The summed E-state index contributed by atoms with van der Waals surface area (Å²) in [5.41, 5.74) is 11.7. The topological polar surface area (TPSA) is 112 Å². The van der Waals surface area contributed by atoms with Gasteiger partial charge >= 0.3 is 0 Å². The number of hydrogen-bond donors (Lipinski definition) is 2. The van der Waals surface area contributed by atoms with Gasteiger partial charge in [-0.3, -0.25) is 14.9 Å². The van der Waals surface area contributed by atoms with Gasteiger partial charge in [-0.05, 0) is 24.6 Å². The number of hydrogen-bond acceptors (Lipinski definition) is 4. The van der Waals surface area contributed by atoms with Gasteiger partial charge in [-0.1, -0.05) is 0 Å². The van der Waals surface area contributed by atoms with Gasteiger partial charge in [0.1, 0.15) is 0 Å². The van der Waals surface area contributed by atoms with Crippen LogP contribution in [0.1, 0.15) is 11.1 Å². The number of carbonyl (C=O) groups is 1. The molecule has 0 heterocycles. The summed E-state index contributed by atoms with van der Waals surface area (Å²) in [4.78, 5) is 20.6. The second-order valence-corrected chi connectivity index (χ2v) is 3.26. The first-order chi connectivity index (χ1) is 7.41. The third-order valence-electron chi connectivity index (χ3n) is 2.03. The Morgan fingerprint density at radius 3 is 2.62 bits per heavy atom. The Bertz CT molecular complexity index is 480. The van der Waals surface area contributed by atoms with Crippen LogP contribution in [0.15, 0.2) is 18.2 Å². The fourth-order valence-electron chi connectivity index (χ4n) is 1.25. The Morgan fingerprint density at radius 1 is 1.50 bits per heavy atom. The molecule has 0 aliphatic carbocycles. The van der Waals surface area contributed by atoms with Crippen LogP contribution in [-0.4, -0.2) is 10.8 Å². The molecule has 0 spiro atoms. The van der Waals surface area contributed by atoms with Crippen LogP contribution in [0.2, 0.25) is 0 Å². The van der Waals surface area contributed by atoms with Crippen molar-refractivity contribution in [3.63, 3.8) is 0 Å². The lowest BCUT2D eigenvalue weighted by Crippen LogP contribution is -2.05. The Labute approximate surface area is 91.7 Å². The second-order valence-electron chi connectivity index (χ2n) is 3.26. The number of nitro benzene ring substituents is 1. The van der Waals surface area contributed by atoms with Crippen molar-refractivity contribution in [2.45, 2.75) is 6.92 Å². The molecule has 84 valence electrons. The van der Waals surface area contributed by atoms with Crippen molar-refractivity contribution in [2.75, 3.05) is 5.73 Å². The van der Waals surface area contributed by atoms with Crippen molar-refractivity contribution in [2.24, 2.45) is 5.73 Å². The molecule has 0 saturated carbocycles. The average molecular weight is 221 g/mol. The van der Waals surface area contributed by atoms with Gasteiger partial charge in [-0.25, -0.2) is 0 Å². The maximum absolute atomic E-state index is 10.6. The number of benzene rings is 1. The molecule has 0 atom stereocenters. The van der Waals surface area contributed by atoms with Crippen LogP contribution in [-0.2, 0) is 4.79 Å². The van der Waals surface area contributed by atoms with Crippen LogP contribution in [0.25, 0.3) is 6.08 Å². The van der Waals surface area contributed by atoms with Crippen molar-refractivity contribution < 1.29 is 9.72 Å². The molecule has 6 heteroatoms. The molecule has 1 rings (SSSR count). The minimum absolute atomic E-state index is 0.0475. The third-order valence-corrected chi connectivity index (χ3v) is 2.03. The maximum atomic E-state index is 10.6. The molecule has 0 fully saturated rings. The number of carbonyl (C=O) groups excluding carboxylic acids is 1. The van der Waals surface area contributed by atoms with Gasteiger partial charge in [0.2, 0.25) is 5.91 Å². The Hall–Kier alpha value is -2.37. The summed E-state index contributed by atoms with van der Waals surface area (Å²) < 4.78 is 0. The van der Waals surface area contributed by atoms with Gasteiger partial charge in [0.05, 0.1) is 4.92 Å². The van der Waals surface area contributed by atoms with Gasteiger partial charge < -0.3 is 11.5 Å². The number of nitrogen functional groups attached to an aromatic ring is 1. The molecular formula is C10H11N3O3. The normalized spacial score (nSPS) is 10.6. The Kier molecular flexibility index (Phi) is 3.24. The molecular weight excluding hydrogens is 210 g/mol. The fraction of sp³-hybridized carbons (Fsp3) is 0.100. The van der Waals surface area contributed by atoms with E-state index in [0.29, 0.717) is 11.1 Å². The SMILES string of the molecule is Cc1cc(C=CC(N)=O)c(N)cc1[N+](=O)[O-]. The van der Waals surface area contributed by atoms with E-state index in [9.17, 15) is 14.9 Å². The van der Waals surface area contributed by atoms with E-state index >= 15 is 0 Å². The van der Waals surface area contributed by atoms with E-state index in [0.717, 1.165) is 6.08 Å². The summed E-state index contributed by atoms with van der Waals surface area (Å²) in [6.45, 7) is 1.60. The minimum atomic E-state index is -0.601. The van der Waals surface area contributed by atoms with Crippen molar-refractivity contribution in [3.05, 3.63) is 39.4 Å². The van der Waals surface area contributed by atoms with Gasteiger partial charge in [0.15, 0.2) is 0 Å². The zero-order valence-corrected chi connectivity index (χ0v) is 8.64. The summed E-state index contributed by atoms with van der Waals surface area (Å²) >= 11 is 0. The van der Waals surface area contributed by atoms with E-state index in [4.69, 9.17) is 11.5 Å². The standard InChI is InChI=1S/C10H11N3O3/c1-6-4-7(2-3-10(12)14)8(11)5-9(6)13(15)16/h2-5H,11H2,1H3,(H2,12,14). The Balaban J connectivity index is 3.20. The van der Waals surface area contributed by atoms with Crippen molar-refractivity contribution in [1.82, 2.24) is 0 Å². The Morgan fingerprint density at radius 2 is 2.12 bits per heavy atom. The minimum Gasteiger partial charge on any atom is -0.398 e. The van der Waals surface area contributed by atoms with Crippen LogP contribution < -0.4 is 11.5 Å². The first-order valence-corrected chi connectivity index (χ1v) is 4.44. The zero-order valence-electron chi connectivity index (χ0n) is 8.64. The predicted octanol–water partition coefficient (Wildman–Crippen LogP) is 0.984. The summed E-state index contributed by atoms with van der Waals surface area (Å²) in [5, 5.41) is 10.6. The van der Waals surface area contributed by atoms with Crippen molar-refractivity contribution >= 4 is 23.4 Å². The number of primary amides is 1. The molecule has 4 N–H and O–H groups in total. The van der Waals surface area contributed by atoms with Crippen LogP contribution in [0.4, 0.5) is 11.4 Å². The molecule has 0 unspecified atom stereocenters. The highest BCUT2D eigenvalue weighted by molar-refractivity contribution is 5.91. The highest BCUT2D eigenvalue weighted by Crippen LogP contribution is 2.25. The third kappa shape index (κ3) is 2.57. The number of nitro groups is 1. The van der Waals surface area contributed by atoms with Gasteiger partial charge in [0, 0.05) is 23.4 Å². The van der Waals surface area contributed by atoms with E-state index in [1.807, 2.05) is 0 Å². The monoisotopic (exact) mass is 221 g/mol. The van der Waals surface area contributed by atoms with Crippen molar-refractivity contribution in [1.29, 1.82) is 0 Å². The molecule has 16 heavy (non-hydrogen) atoms. The first-order valence-electron chi connectivity index (χ1n) is 4.44. The molecule has 1 aromatic rings. The van der Waals surface area contributed by atoms with Gasteiger partial charge in [0.25, 0.3) is 5.69 Å². The van der Waals surface area contributed by atoms with Gasteiger partial charge in [-0.2, -0.15) is 0 Å². The zero-order chi connectivity index (χ0) is 12.3. The summed E-state index contributed by atoms with van der Waals surface area (Å²) in [6.07, 6.45) is 2.57. The van der Waals surface area contributed by atoms with Crippen LogP contribution in [0, 0.1) is 17.0 Å². The van der Waals surface area contributed by atoms with Crippen molar-refractivity contribution in [3.8, 4) is 0 Å². The van der Waals surface area contributed by atoms with Crippen LogP contribution >= 0.6 is 0 Å². The number of aryl methyl sites for hydroxylation is 1. The second kappa shape index (κ2) is 4.43. The number of nitrogens with two attached hydrogens (primary N) is 2. The van der Waals surface area contributed by atoms with E-state index < -0.39 is 10.8 Å². The van der Waals surface area contributed by atoms with E-state index in [1.54, 1.807) is 6.92 Å². The number of nitrogens with zero attached hydrogens (tertiary/aromatic N) is 1. The lowest BCUT2D eigenvalue weighted by molar-refractivity contribution is -0.385. The van der Waals surface area contributed by atoms with Crippen LogP contribution in [0.3, 0.4) is 0 Å². The molecule has 0 aliphatic heterocycles. The molecule has 1 aromatic carbocycles. The lowest BCUT2D eigenvalue weighted by Gasteiger charge is -2.03. The molecule has 0 saturated heterocycles. The smallest absolute Gasteiger partial charge is 0.274 e. The fourth-order valence-corrected chi connectivity index (χ4v) is 1.25. The highest BCUT2D eigenvalue weighted by Gasteiger charge is 2.12. The molecule has 0 aliphatic rings.